The van der Waals surface area contributed by atoms with E-state index in [1.165, 1.54) is 167 Å². The molecule has 0 radical (unpaired) electrons. The Labute approximate surface area is 568 Å². The van der Waals surface area contributed by atoms with Gasteiger partial charge in [-0.3, -0.25) is 37.3 Å². The first-order valence-electron chi connectivity index (χ1n) is 38.2. The monoisotopic (exact) mass is 1370 g/mol. The molecule has 0 aliphatic carbocycles. The van der Waals surface area contributed by atoms with Crippen molar-refractivity contribution < 1.29 is 80.2 Å². The average Bonchev–Trinajstić information content (AvgIpc) is 3.66. The molecule has 0 bridgehead atoms. The highest BCUT2D eigenvalue weighted by molar-refractivity contribution is 7.47. The number of unbranched alkanes of at least 4 members (excludes halogenated alkanes) is 36. The van der Waals surface area contributed by atoms with Crippen molar-refractivity contribution in [3.8, 4) is 0 Å². The Morgan fingerprint density at radius 3 is 0.763 bits per heavy atom. The molecule has 0 rings (SSSR count). The number of rotatable bonds is 71. The van der Waals surface area contributed by atoms with E-state index in [1.807, 2.05) is 0 Å². The van der Waals surface area contributed by atoms with Crippen LogP contribution in [0.1, 0.15) is 370 Å². The van der Waals surface area contributed by atoms with Crippen molar-refractivity contribution in [2.75, 3.05) is 39.6 Å². The van der Waals surface area contributed by atoms with Crippen molar-refractivity contribution in [2.24, 2.45) is 23.7 Å². The van der Waals surface area contributed by atoms with Crippen molar-refractivity contribution in [1.82, 2.24) is 0 Å². The molecule has 6 atom stereocenters. The van der Waals surface area contributed by atoms with E-state index in [0.717, 1.165) is 114 Å². The summed E-state index contributed by atoms with van der Waals surface area (Å²) >= 11 is 0. The zero-order valence-corrected chi connectivity index (χ0v) is 62.7. The van der Waals surface area contributed by atoms with E-state index >= 15 is 0 Å². The average molecular weight is 1370 g/mol. The number of esters is 4. The smallest absolute Gasteiger partial charge is 0.462 e. The minimum Gasteiger partial charge on any atom is -0.462 e. The quantitative estimate of drug-likeness (QED) is 0.0222. The second kappa shape index (κ2) is 63.5. The molecule has 0 aromatic heterocycles. The van der Waals surface area contributed by atoms with Crippen molar-refractivity contribution in [3.63, 3.8) is 0 Å². The molecule has 0 aliphatic heterocycles. The molecule has 93 heavy (non-hydrogen) atoms. The molecular weight excluding hydrogens is 1220 g/mol. The molecule has 0 saturated heterocycles. The maximum atomic E-state index is 13.0. The van der Waals surface area contributed by atoms with Crippen LogP contribution in [-0.4, -0.2) is 96.7 Å². The fourth-order valence-electron chi connectivity index (χ4n) is 11.2. The lowest BCUT2D eigenvalue weighted by Crippen LogP contribution is -2.30. The Hall–Kier alpha value is -1.94. The first-order valence-corrected chi connectivity index (χ1v) is 41.2. The highest BCUT2D eigenvalue weighted by Gasteiger charge is 2.30. The second-order valence-corrected chi connectivity index (χ2v) is 31.3. The van der Waals surface area contributed by atoms with E-state index in [0.29, 0.717) is 31.6 Å². The third kappa shape index (κ3) is 67.0. The zero-order valence-electron chi connectivity index (χ0n) is 60.9. The largest absolute Gasteiger partial charge is 0.472 e. The summed E-state index contributed by atoms with van der Waals surface area (Å²) in [6, 6.07) is 0. The normalized spacial score (nSPS) is 14.5. The Kier molecular flexibility index (Phi) is 62.2. The van der Waals surface area contributed by atoms with E-state index in [4.69, 9.17) is 37.0 Å². The van der Waals surface area contributed by atoms with Crippen molar-refractivity contribution in [3.05, 3.63) is 0 Å². The van der Waals surface area contributed by atoms with Gasteiger partial charge in [0, 0.05) is 25.7 Å². The first kappa shape index (κ1) is 91.1. The molecular formula is C74H144O17P2. The van der Waals surface area contributed by atoms with Gasteiger partial charge in [0.15, 0.2) is 12.2 Å². The van der Waals surface area contributed by atoms with E-state index in [1.54, 1.807) is 0 Å². The lowest BCUT2D eigenvalue weighted by molar-refractivity contribution is -0.161. The Balaban J connectivity index is 5.22. The third-order valence-corrected chi connectivity index (χ3v) is 19.3. The fourth-order valence-corrected chi connectivity index (χ4v) is 12.7. The van der Waals surface area contributed by atoms with E-state index in [9.17, 15) is 43.2 Å². The fraction of sp³-hybridized carbons (Fsp3) is 0.946. The van der Waals surface area contributed by atoms with Crippen LogP contribution in [0, 0.1) is 23.7 Å². The summed E-state index contributed by atoms with van der Waals surface area (Å²) in [4.78, 5) is 72.7. The summed E-state index contributed by atoms with van der Waals surface area (Å²) in [5, 5.41) is 10.6. The molecule has 552 valence electrons. The molecule has 0 fully saturated rings. The standard InChI is InChI=1S/C74H144O17P2/c1-9-67(8)53-45-37-29-23-24-30-38-46-54-71(76)84-60-69(91-74(79)57-49-41-32-22-18-20-27-35-43-51-65(4)5)62-88-92(80,81)86-58-68(75)59-87-93(82,83)89-63-70(61-85-72(77)55-47-39-33-25-28-36-44-52-66(6)7)90-73(78)56-48-40-31-21-17-15-13-11-10-12-14-16-19-26-34-42-50-64(2)3/h64-70,75H,9-63H2,1-8H3,(H,80,81)(H,82,83)/t67?,68?,69-,70-/m1/s1. The molecule has 0 amide bonds. The number of phosphoric ester groups is 2. The van der Waals surface area contributed by atoms with Gasteiger partial charge in [-0.15, -0.1) is 0 Å². The maximum Gasteiger partial charge on any atom is 0.472 e. The molecule has 0 heterocycles. The van der Waals surface area contributed by atoms with Gasteiger partial charge in [-0.05, 0) is 49.4 Å². The molecule has 0 aromatic rings. The summed E-state index contributed by atoms with van der Waals surface area (Å²) in [5.74, 6) is 0.903. The van der Waals surface area contributed by atoms with Gasteiger partial charge in [-0.2, -0.15) is 0 Å². The number of hydrogen-bond acceptors (Lipinski definition) is 15. The minimum atomic E-state index is -4.96. The van der Waals surface area contributed by atoms with Crippen LogP contribution in [0.3, 0.4) is 0 Å². The lowest BCUT2D eigenvalue weighted by atomic mass is 9.99. The summed E-state index contributed by atoms with van der Waals surface area (Å²) in [6.45, 7) is 14.1. The van der Waals surface area contributed by atoms with Crippen molar-refractivity contribution >= 4 is 39.5 Å². The Bertz CT molecular complexity index is 1840. The van der Waals surface area contributed by atoms with Crippen LogP contribution in [-0.2, 0) is 65.4 Å². The SMILES string of the molecule is CCC(C)CCCCCCCCCCC(=O)OC[C@H](COP(=O)(O)OCC(O)COP(=O)(O)OC[C@@H](COC(=O)CCCCCCCCCC(C)C)OC(=O)CCCCCCCCCCCCCCCCCCC(C)C)OC(=O)CCCCCCCCCCCC(C)C. The second-order valence-electron chi connectivity index (χ2n) is 28.4. The van der Waals surface area contributed by atoms with Crippen LogP contribution in [0.5, 0.6) is 0 Å². The number of aliphatic hydroxyl groups is 1. The van der Waals surface area contributed by atoms with Gasteiger partial charge in [0.25, 0.3) is 0 Å². The van der Waals surface area contributed by atoms with Gasteiger partial charge >= 0.3 is 39.5 Å². The van der Waals surface area contributed by atoms with Gasteiger partial charge in [0.1, 0.15) is 19.3 Å². The number of phosphoric acid groups is 2. The Morgan fingerprint density at radius 1 is 0.301 bits per heavy atom. The molecule has 0 spiro atoms. The lowest BCUT2D eigenvalue weighted by Gasteiger charge is -2.21. The molecule has 0 aliphatic rings. The predicted octanol–water partition coefficient (Wildman–Crippen LogP) is 21.3. The van der Waals surface area contributed by atoms with Crippen LogP contribution < -0.4 is 0 Å². The maximum absolute atomic E-state index is 13.0. The van der Waals surface area contributed by atoms with Crippen LogP contribution in [0.25, 0.3) is 0 Å². The van der Waals surface area contributed by atoms with Gasteiger partial charge < -0.3 is 33.8 Å². The van der Waals surface area contributed by atoms with Crippen LogP contribution in [0.4, 0.5) is 0 Å². The number of carbonyl (C=O) groups is 4. The zero-order chi connectivity index (χ0) is 68.9. The summed E-state index contributed by atoms with van der Waals surface area (Å²) in [7, 11) is -9.91. The number of ether oxygens (including phenoxy) is 4. The molecule has 19 heteroatoms. The number of hydrogen-bond donors (Lipinski definition) is 3. The number of carbonyl (C=O) groups excluding carboxylic acids is 4. The van der Waals surface area contributed by atoms with Gasteiger partial charge in [-0.1, -0.05) is 319 Å². The topological polar surface area (TPSA) is 237 Å². The van der Waals surface area contributed by atoms with E-state index in [2.05, 4.69) is 55.4 Å². The molecule has 4 unspecified atom stereocenters. The molecule has 3 N–H and O–H groups in total. The van der Waals surface area contributed by atoms with E-state index in [-0.39, 0.29) is 25.7 Å². The summed E-state index contributed by atoms with van der Waals surface area (Å²) in [6.07, 6.45) is 47.3. The van der Waals surface area contributed by atoms with Crippen molar-refractivity contribution in [2.45, 2.75) is 388 Å². The van der Waals surface area contributed by atoms with Crippen LogP contribution in [0.2, 0.25) is 0 Å². The minimum absolute atomic E-state index is 0.104. The van der Waals surface area contributed by atoms with Gasteiger partial charge in [0.2, 0.25) is 0 Å². The summed E-state index contributed by atoms with van der Waals surface area (Å²) in [5.41, 5.74) is 0. The highest BCUT2D eigenvalue weighted by atomic mass is 31.2. The molecule has 0 aromatic carbocycles. The molecule has 0 saturated carbocycles. The van der Waals surface area contributed by atoms with Gasteiger partial charge in [-0.25, -0.2) is 9.13 Å². The van der Waals surface area contributed by atoms with Gasteiger partial charge in [0.05, 0.1) is 26.4 Å². The Morgan fingerprint density at radius 2 is 0.516 bits per heavy atom. The number of aliphatic hydroxyl groups excluding tert-OH is 1. The van der Waals surface area contributed by atoms with Crippen molar-refractivity contribution in [1.29, 1.82) is 0 Å². The predicted molar refractivity (Wildman–Crippen MR) is 377 cm³/mol. The highest BCUT2D eigenvalue weighted by Crippen LogP contribution is 2.45. The molecule has 17 nitrogen and oxygen atoms in total. The van der Waals surface area contributed by atoms with Crippen LogP contribution >= 0.6 is 15.6 Å². The third-order valence-electron chi connectivity index (χ3n) is 17.4. The van der Waals surface area contributed by atoms with Crippen LogP contribution in [0.15, 0.2) is 0 Å². The summed E-state index contributed by atoms with van der Waals surface area (Å²) < 4.78 is 68.4. The van der Waals surface area contributed by atoms with E-state index < -0.39 is 97.5 Å². The first-order chi connectivity index (χ1) is 44.6.